The first-order valence-electron chi connectivity index (χ1n) is 9.36. The van der Waals surface area contributed by atoms with Gasteiger partial charge in [0.15, 0.2) is 5.72 Å². The number of benzene rings is 2. The van der Waals surface area contributed by atoms with E-state index in [1.54, 1.807) is 0 Å². The van der Waals surface area contributed by atoms with Crippen molar-refractivity contribution in [1.29, 1.82) is 0 Å². The number of fused-ring (bicyclic) bond motifs is 4. The average Bonchev–Trinajstić information content (AvgIpc) is 2.90. The lowest BCUT2D eigenvalue weighted by Crippen LogP contribution is -2.58. The summed E-state index contributed by atoms with van der Waals surface area (Å²) >= 11 is 0. The smallest absolute Gasteiger partial charge is 0.257 e. The molecule has 2 heterocycles. The van der Waals surface area contributed by atoms with E-state index < -0.39 is 5.72 Å². The molecule has 0 bridgehead atoms. The highest BCUT2D eigenvalue weighted by Gasteiger charge is 2.57. The molecule has 1 aliphatic carbocycles. The fraction of sp³-hybridized carbons (Fsp3) is 0.409. The van der Waals surface area contributed by atoms with Gasteiger partial charge in [0.05, 0.1) is 6.10 Å². The molecule has 0 N–H and O–H groups in total. The molecule has 0 unspecified atom stereocenters. The maximum atomic E-state index is 13.2. The van der Waals surface area contributed by atoms with Gasteiger partial charge in [-0.25, -0.2) is 0 Å². The third-order valence-corrected chi connectivity index (χ3v) is 6.17. The molecule has 2 aromatic rings. The van der Waals surface area contributed by atoms with Crippen LogP contribution in [0.4, 0.5) is 0 Å². The van der Waals surface area contributed by atoms with Gasteiger partial charge in [-0.3, -0.25) is 4.79 Å². The van der Waals surface area contributed by atoms with E-state index in [0.717, 1.165) is 36.1 Å². The Morgan fingerprint density at radius 1 is 1.04 bits per heavy atom. The molecule has 2 aromatic carbocycles. The first-order valence-corrected chi connectivity index (χ1v) is 9.36. The molecule has 25 heavy (non-hydrogen) atoms. The van der Waals surface area contributed by atoms with Crippen molar-refractivity contribution >= 4 is 5.91 Å². The lowest BCUT2D eigenvalue weighted by atomic mass is 9.82. The number of carbonyl (C=O) groups excluding carboxylic acids is 1. The molecule has 0 radical (unpaired) electrons. The maximum Gasteiger partial charge on any atom is 0.257 e. The number of nitrogens with zero attached hydrogens (tertiary/aromatic N) is 1. The zero-order valence-corrected chi connectivity index (χ0v) is 14.6. The fourth-order valence-corrected chi connectivity index (χ4v) is 4.89. The summed E-state index contributed by atoms with van der Waals surface area (Å²) in [7, 11) is 0. The third kappa shape index (κ3) is 2.05. The van der Waals surface area contributed by atoms with Crippen LogP contribution in [0, 0.1) is 12.8 Å². The predicted molar refractivity (Wildman–Crippen MR) is 96.3 cm³/mol. The quantitative estimate of drug-likeness (QED) is 0.781. The number of hydrogen-bond donors (Lipinski definition) is 0. The van der Waals surface area contributed by atoms with Crippen molar-refractivity contribution in [3.8, 4) is 0 Å². The van der Waals surface area contributed by atoms with Crippen LogP contribution in [0.5, 0.6) is 0 Å². The maximum absolute atomic E-state index is 13.2. The van der Waals surface area contributed by atoms with Crippen LogP contribution in [0.25, 0.3) is 0 Å². The van der Waals surface area contributed by atoms with Crippen molar-refractivity contribution in [2.75, 3.05) is 6.54 Å². The summed E-state index contributed by atoms with van der Waals surface area (Å²) in [4.78, 5) is 15.2. The zero-order chi connectivity index (χ0) is 17.0. The molecular weight excluding hydrogens is 310 g/mol. The summed E-state index contributed by atoms with van der Waals surface area (Å²) in [6.45, 7) is 2.89. The van der Waals surface area contributed by atoms with Gasteiger partial charge in [-0.05, 0) is 25.8 Å². The van der Waals surface area contributed by atoms with Gasteiger partial charge < -0.3 is 9.64 Å². The Labute approximate surface area is 148 Å². The number of aryl methyl sites for hydroxylation is 1. The molecule has 2 fully saturated rings. The number of hydrogen-bond acceptors (Lipinski definition) is 2. The topological polar surface area (TPSA) is 29.5 Å². The first-order chi connectivity index (χ1) is 12.2. The predicted octanol–water partition coefficient (Wildman–Crippen LogP) is 4.24. The minimum atomic E-state index is -0.750. The van der Waals surface area contributed by atoms with Crippen LogP contribution in [0.1, 0.15) is 52.7 Å². The van der Waals surface area contributed by atoms with E-state index >= 15 is 0 Å². The second-order valence-electron chi connectivity index (χ2n) is 7.67. The van der Waals surface area contributed by atoms with Crippen molar-refractivity contribution in [3.05, 3.63) is 70.8 Å². The van der Waals surface area contributed by atoms with Crippen LogP contribution in [0.15, 0.2) is 48.5 Å². The van der Waals surface area contributed by atoms with Gasteiger partial charge in [0.1, 0.15) is 0 Å². The molecule has 3 aliphatic rings. The molecule has 1 saturated carbocycles. The second-order valence-corrected chi connectivity index (χ2v) is 7.67. The Morgan fingerprint density at radius 2 is 1.80 bits per heavy atom. The molecule has 3 heteroatoms. The number of amides is 1. The van der Waals surface area contributed by atoms with Crippen molar-refractivity contribution in [3.63, 3.8) is 0 Å². The summed E-state index contributed by atoms with van der Waals surface area (Å²) in [6, 6.07) is 16.5. The van der Waals surface area contributed by atoms with E-state index in [2.05, 4.69) is 37.3 Å². The average molecular weight is 333 g/mol. The summed E-state index contributed by atoms with van der Waals surface area (Å²) in [5.41, 5.74) is 3.34. The highest BCUT2D eigenvalue weighted by Crippen LogP contribution is 2.51. The van der Waals surface area contributed by atoms with E-state index in [1.807, 2.05) is 23.1 Å². The molecule has 128 valence electrons. The normalized spacial score (nSPS) is 30.6. The molecule has 3 atom stereocenters. The zero-order valence-electron chi connectivity index (χ0n) is 14.6. The Hall–Kier alpha value is -2.13. The summed E-state index contributed by atoms with van der Waals surface area (Å²) < 4.78 is 6.83. The van der Waals surface area contributed by atoms with Crippen LogP contribution in [0.2, 0.25) is 0 Å². The number of ether oxygens (including phenoxy) is 1. The molecule has 3 nitrogen and oxygen atoms in total. The van der Waals surface area contributed by atoms with Crippen molar-refractivity contribution in [2.24, 2.45) is 5.92 Å². The van der Waals surface area contributed by atoms with Crippen LogP contribution < -0.4 is 0 Å². The minimum absolute atomic E-state index is 0.111. The number of carbonyl (C=O) groups is 1. The Morgan fingerprint density at radius 3 is 2.64 bits per heavy atom. The molecule has 5 rings (SSSR count). The van der Waals surface area contributed by atoms with Crippen LogP contribution in [-0.2, 0) is 10.5 Å². The van der Waals surface area contributed by atoms with Gasteiger partial charge in [0.25, 0.3) is 5.91 Å². The van der Waals surface area contributed by atoms with Crippen LogP contribution in [0.3, 0.4) is 0 Å². The fourth-order valence-electron chi connectivity index (χ4n) is 4.89. The van der Waals surface area contributed by atoms with Gasteiger partial charge in [-0.2, -0.15) is 0 Å². The Kier molecular flexibility index (Phi) is 3.29. The second kappa shape index (κ2) is 5.43. The van der Waals surface area contributed by atoms with Crippen LogP contribution in [-0.4, -0.2) is 23.5 Å². The van der Waals surface area contributed by atoms with Gasteiger partial charge in [0.2, 0.25) is 0 Å². The molecule has 2 aliphatic heterocycles. The third-order valence-electron chi connectivity index (χ3n) is 6.17. The van der Waals surface area contributed by atoms with E-state index in [1.165, 1.54) is 18.4 Å². The van der Waals surface area contributed by atoms with Gasteiger partial charge >= 0.3 is 0 Å². The van der Waals surface area contributed by atoms with E-state index in [4.69, 9.17) is 4.74 Å². The Balaban J connectivity index is 1.72. The van der Waals surface area contributed by atoms with Gasteiger partial charge in [0, 0.05) is 29.2 Å². The molecule has 0 spiro atoms. The largest absolute Gasteiger partial charge is 0.343 e. The van der Waals surface area contributed by atoms with E-state index in [0.29, 0.717) is 5.92 Å². The molecule has 0 aromatic heterocycles. The number of rotatable bonds is 1. The lowest BCUT2D eigenvalue weighted by Gasteiger charge is -2.51. The first kappa shape index (κ1) is 15.2. The monoisotopic (exact) mass is 333 g/mol. The standard InChI is InChI=1S/C22H23NO2/c1-15-10-12-17(13-11-15)22-19-8-4-3-7-18(19)21(24)23(22)14-16-6-2-5-9-20(16)25-22/h3-4,7-8,10-13,16,20H,2,5-6,9,14H2,1H3/t16-,20+,22-/m0/s1. The van der Waals surface area contributed by atoms with Gasteiger partial charge in [-0.15, -0.1) is 0 Å². The van der Waals surface area contributed by atoms with Crippen molar-refractivity contribution in [2.45, 2.75) is 44.4 Å². The van der Waals surface area contributed by atoms with Gasteiger partial charge in [-0.1, -0.05) is 60.9 Å². The highest BCUT2D eigenvalue weighted by molar-refractivity contribution is 6.00. The molecular formula is C22H23NO2. The summed E-state index contributed by atoms with van der Waals surface area (Å²) in [5, 5.41) is 0. The van der Waals surface area contributed by atoms with Crippen molar-refractivity contribution in [1.82, 2.24) is 4.90 Å². The summed E-state index contributed by atoms with van der Waals surface area (Å²) in [5.74, 6) is 0.575. The van der Waals surface area contributed by atoms with Crippen LogP contribution >= 0.6 is 0 Å². The summed E-state index contributed by atoms with van der Waals surface area (Å²) in [6.07, 6.45) is 4.97. The highest BCUT2D eigenvalue weighted by atomic mass is 16.5. The minimum Gasteiger partial charge on any atom is -0.343 e. The van der Waals surface area contributed by atoms with E-state index in [9.17, 15) is 4.79 Å². The molecule has 1 amide bonds. The SMILES string of the molecule is Cc1ccc([C@@]23O[C@@H]4CCCC[C@H]4CN2C(=O)c2ccccc23)cc1. The van der Waals surface area contributed by atoms with E-state index in [-0.39, 0.29) is 12.0 Å². The lowest BCUT2D eigenvalue weighted by molar-refractivity contribution is -0.209. The Bertz CT molecular complexity index is 828. The van der Waals surface area contributed by atoms with Crippen molar-refractivity contribution < 1.29 is 9.53 Å². The molecule has 1 saturated heterocycles.